The third kappa shape index (κ3) is 4.82. The first kappa shape index (κ1) is 20.1. The largest absolute Gasteiger partial charge is 0.444 e. The van der Waals surface area contributed by atoms with E-state index in [1.54, 1.807) is 16.0 Å². The molecular weight excluding hydrogens is 391 g/mol. The van der Waals surface area contributed by atoms with Crippen molar-refractivity contribution in [3.05, 3.63) is 22.2 Å². The SMILES string of the molecule is CC(C)(C)OC(=O)N1CCC2(CC1)CC(=O)N(Cc1cnc(Cl)nc1Cl)C2. The van der Waals surface area contributed by atoms with E-state index < -0.39 is 5.60 Å². The van der Waals surface area contributed by atoms with Crippen LogP contribution in [0.15, 0.2) is 6.20 Å². The van der Waals surface area contributed by atoms with E-state index in [2.05, 4.69) is 9.97 Å². The molecule has 1 aromatic heterocycles. The number of aromatic nitrogens is 2. The zero-order valence-electron chi connectivity index (χ0n) is 15.8. The number of hydrogen-bond acceptors (Lipinski definition) is 5. The molecule has 1 aromatic rings. The van der Waals surface area contributed by atoms with Crippen LogP contribution in [0.2, 0.25) is 10.4 Å². The number of rotatable bonds is 2. The summed E-state index contributed by atoms with van der Waals surface area (Å²) in [5.74, 6) is 0.0896. The van der Waals surface area contributed by atoms with Crippen molar-refractivity contribution >= 4 is 35.2 Å². The van der Waals surface area contributed by atoms with Gasteiger partial charge in [-0.2, -0.15) is 0 Å². The van der Waals surface area contributed by atoms with Crippen LogP contribution in [0.4, 0.5) is 4.79 Å². The van der Waals surface area contributed by atoms with Crippen molar-refractivity contribution in [1.29, 1.82) is 0 Å². The van der Waals surface area contributed by atoms with Crippen molar-refractivity contribution in [2.75, 3.05) is 19.6 Å². The molecule has 2 fully saturated rings. The van der Waals surface area contributed by atoms with Gasteiger partial charge in [-0.3, -0.25) is 4.79 Å². The Morgan fingerprint density at radius 1 is 1.30 bits per heavy atom. The van der Waals surface area contributed by atoms with Crippen molar-refractivity contribution < 1.29 is 14.3 Å². The minimum absolute atomic E-state index is 0.0856. The number of ether oxygens (including phenoxy) is 1. The highest BCUT2D eigenvalue weighted by Crippen LogP contribution is 2.42. The van der Waals surface area contributed by atoms with Gasteiger partial charge < -0.3 is 14.5 Å². The lowest BCUT2D eigenvalue weighted by molar-refractivity contribution is -0.128. The van der Waals surface area contributed by atoms with Gasteiger partial charge in [0.1, 0.15) is 10.8 Å². The van der Waals surface area contributed by atoms with Crippen LogP contribution in [-0.2, 0) is 16.1 Å². The van der Waals surface area contributed by atoms with Crippen molar-refractivity contribution in [1.82, 2.24) is 19.8 Å². The summed E-state index contributed by atoms with van der Waals surface area (Å²) in [7, 11) is 0. The molecule has 0 saturated carbocycles. The highest BCUT2D eigenvalue weighted by molar-refractivity contribution is 6.32. The molecular formula is C18H24Cl2N4O3. The van der Waals surface area contributed by atoms with E-state index in [0.717, 1.165) is 12.8 Å². The van der Waals surface area contributed by atoms with E-state index in [-0.39, 0.29) is 27.9 Å². The zero-order valence-corrected chi connectivity index (χ0v) is 17.3. The maximum atomic E-state index is 12.5. The van der Waals surface area contributed by atoms with Crippen LogP contribution < -0.4 is 0 Å². The summed E-state index contributed by atoms with van der Waals surface area (Å²) in [6, 6.07) is 0. The predicted octanol–water partition coefficient (Wildman–Crippen LogP) is 3.53. The molecule has 0 unspecified atom stereocenters. The molecule has 0 aliphatic carbocycles. The van der Waals surface area contributed by atoms with Crippen LogP contribution in [0.1, 0.15) is 45.6 Å². The summed E-state index contributed by atoms with van der Waals surface area (Å²) in [4.78, 5) is 36.2. The maximum absolute atomic E-state index is 12.5. The first-order valence-electron chi connectivity index (χ1n) is 9.00. The number of nitrogens with zero attached hydrogens (tertiary/aromatic N) is 4. The molecule has 2 amide bonds. The third-order valence-corrected chi connectivity index (χ3v) is 5.53. The Hall–Kier alpha value is -1.60. The molecule has 27 heavy (non-hydrogen) atoms. The Kier molecular flexibility index (Phi) is 5.54. The fourth-order valence-corrected chi connectivity index (χ4v) is 3.99. The molecule has 7 nitrogen and oxygen atoms in total. The Bertz CT molecular complexity index is 743. The second-order valence-corrected chi connectivity index (χ2v) is 9.05. The second kappa shape index (κ2) is 7.43. The lowest BCUT2D eigenvalue weighted by Crippen LogP contribution is -2.46. The van der Waals surface area contributed by atoms with Crippen LogP contribution in [-0.4, -0.2) is 57.0 Å². The number of likely N-dealkylation sites (tertiary alicyclic amines) is 2. The molecule has 0 atom stereocenters. The van der Waals surface area contributed by atoms with Crippen LogP contribution in [0.5, 0.6) is 0 Å². The first-order valence-corrected chi connectivity index (χ1v) is 9.75. The molecule has 0 radical (unpaired) electrons. The number of halogens is 2. The zero-order chi connectivity index (χ0) is 19.8. The topological polar surface area (TPSA) is 75.6 Å². The smallest absolute Gasteiger partial charge is 0.410 e. The third-order valence-electron chi connectivity index (χ3n) is 5.02. The number of carbonyl (C=O) groups excluding carboxylic acids is 2. The Labute approximate surface area is 169 Å². The monoisotopic (exact) mass is 414 g/mol. The maximum Gasteiger partial charge on any atom is 0.410 e. The quantitative estimate of drug-likeness (QED) is 0.546. The summed E-state index contributed by atoms with van der Waals surface area (Å²) >= 11 is 11.8. The molecule has 0 N–H and O–H groups in total. The number of hydrogen-bond donors (Lipinski definition) is 0. The number of amides is 2. The Morgan fingerprint density at radius 2 is 1.96 bits per heavy atom. The molecule has 2 aliphatic rings. The Balaban J connectivity index is 1.60. The summed E-state index contributed by atoms with van der Waals surface area (Å²) in [5, 5.41) is 0.353. The predicted molar refractivity (Wildman–Crippen MR) is 102 cm³/mol. The molecule has 1 spiro atoms. The van der Waals surface area contributed by atoms with E-state index in [1.807, 2.05) is 20.8 Å². The normalized spacial score (nSPS) is 19.7. The van der Waals surface area contributed by atoms with E-state index in [4.69, 9.17) is 27.9 Å². The van der Waals surface area contributed by atoms with E-state index >= 15 is 0 Å². The lowest BCUT2D eigenvalue weighted by atomic mass is 9.78. The minimum Gasteiger partial charge on any atom is -0.444 e. The molecule has 0 aromatic carbocycles. The standard InChI is InChI=1S/C18H24Cl2N4O3/c1-17(2,3)27-16(26)23-6-4-18(5-7-23)8-13(25)24(11-18)10-12-9-21-15(20)22-14(12)19/h9H,4-8,10-11H2,1-3H3. The van der Waals surface area contributed by atoms with Gasteiger partial charge in [-0.05, 0) is 45.2 Å². The molecule has 2 aliphatic heterocycles. The van der Waals surface area contributed by atoms with Gasteiger partial charge in [0.25, 0.3) is 0 Å². The highest BCUT2D eigenvalue weighted by Gasteiger charge is 2.45. The first-order chi connectivity index (χ1) is 12.6. The molecule has 148 valence electrons. The summed E-state index contributed by atoms with van der Waals surface area (Å²) in [5.41, 5.74) is 0.0689. The molecule has 0 bridgehead atoms. The van der Waals surface area contributed by atoms with Gasteiger partial charge in [-0.25, -0.2) is 14.8 Å². The van der Waals surface area contributed by atoms with E-state index in [9.17, 15) is 9.59 Å². The van der Waals surface area contributed by atoms with Gasteiger partial charge in [0.05, 0.1) is 6.54 Å². The number of carbonyl (C=O) groups is 2. The van der Waals surface area contributed by atoms with Gasteiger partial charge in [-0.1, -0.05) is 11.6 Å². The van der Waals surface area contributed by atoms with Gasteiger partial charge in [0.2, 0.25) is 11.2 Å². The molecule has 3 rings (SSSR count). The van der Waals surface area contributed by atoms with Crippen LogP contribution in [0.25, 0.3) is 0 Å². The molecule has 9 heteroatoms. The van der Waals surface area contributed by atoms with Crippen molar-refractivity contribution in [2.45, 2.75) is 52.2 Å². The average Bonchev–Trinajstić information content (AvgIpc) is 2.84. The van der Waals surface area contributed by atoms with Crippen LogP contribution in [0.3, 0.4) is 0 Å². The number of piperidine rings is 1. The van der Waals surface area contributed by atoms with Gasteiger partial charge >= 0.3 is 6.09 Å². The Morgan fingerprint density at radius 3 is 2.56 bits per heavy atom. The lowest BCUT2D eigenvalue weighted by Gasteiger charge is -2.39. The molecule has 3 heterocycles. The highest BCUT2D eigenvalue weighted by atomic mass is 35.5. The van der Waals surface area contributed by atoms with Gasteiger partial charge in [0.15, 0.2) is 0 Å². The van der Waals surface area contributed by atoms with Gasteiger partial charge in [-0.15, -0.1) is 0 Å². The van der Waals surface area contributed by atoms with Crippen molar-refractivity contribution in [3.8, 4) is 0 Å². The van der Waals surface area contributed by atoms with Crippen molar-refractivity contribution in [2.24, 2.45) is 5.41 Å². The average molecular weight is 415 g/mol. The minimum atomic E-state index is -0.508. The van der Waals surface area contributed by atoms with E-state index in [1.165, 1.54) is 0 Å². The summed E-state index contributed by atoms with van der Waals surface area (Å²) < 4.78 is 5.44. The van der Waals surface area contributed by atoms with E-state index in [0.29, 0.717) is 38.2 Å². The second-order valence-electron chi connectivity index (χ2n) is 8.35. The fraction of sp³-hybridized carbons (Fsp3) is 0.667. The summed E-state index contributed by atoms with van der Waals surface area (Å²) in [6.45, 7) is 7.78. The molecule has 2 saturated heterocycles. The van der Waals surface area contributed by atoms with Crippen LogP contribution in [0, 0.1) is 5.41 Å². The summed E-state index contributed by atoms with van der Waals surface area (Å²) in [6.07, 6.45) is 3.31. The van der Waals surface area contributed by atoms with Crippen molar-refractivity contribution in [3.63, 3.8) is 0 Å². The van der Waals surface area contributed by atoms with Gasteiger partial charge in [0, 0.05) is 43.2 Å². The fourth-order valence-electron chi connectivity index (χ4n) is 3.63. The van der Waals surface area contributed by atoms with Crippen LogP contribution >= 0.6 is 23.2 Å².